The van der Waals surface area contributed by atoms with Gasteiger partial charge in [-0.1, -0.05) is 11.6 Å². The van der Waals surface area contributed by atoms with Crippen molar-refractivity contribution in [1.82, 2.24) is 4.98 Å². The second kappa shape index (κ2) is 5.34. The molecule has 3 nitrogen and oxygen atoms in total. The summed E-state index contributed by atoms with van der Waals surface area (Å²) >= 11 is 9.34. The predicted octanol–water partition coefficient (Wildman–Crippen LogP) is 3.15. The van der Waals surface area contributed by atoms with Gasteiger partial charge < -0.3 is 10.5 Å². The Balaban J connectivity index is 2.02. The first-order valence-electron chi connectivity index (χ1n) is 5.38. The molecule has 1 aliphatic carbocycles. The van der Waals surface area contributed by atoms with Crippen LogP contribution in [0.5, 0.6) is 5.88 Å². The monoisotopic (exact) mass is 304 g/mol. The van der Waals surface area contributed by atoms with Crippen molar-refractivity contribution in [1.29, 1.82) is 0 Å². The zero-order valence-electron chi connectivity index (χ0n) is 8.83. The molecule has 0 radical (unpaired) electrons. The predicted molar refractivity (Wildman–Crippen MR) is 67.8 cm³/mol. The third kappa shape index (κ3) is 3.09. The summed E-state index contributed by atoms with van der Waals surface area (Å²) in [5.41, 5.74) is 5.90. The Morgan fingerprint density at radius 1 is 1.50 bits per heavy atom. The summed E-state index contributed by atoms with van der Waals surface area (Å²) in [5, 5.41) is 0.536. The Morgan fingerprint density at radius 2 is 2.31 bits per heavy atom. The van der Waals surface area contributed by atoms with E-state index >= 15 is 0 Å². The highest BCUT2D eigenvalue weighted by atomic mass is 79.9. The molecule has 5 heteroatoms. The fourth-order valence-corrected chi connectivity index (χ4v) is 2.61. The van der Waals surface area contributed by atoms with Crippen LogP contribution < -0.4 is 10.5 Å². The van der Waals surface area contributed by atoms with Crippen molar-refractivity contribution in [2.75, 3.05) is 0 Å². The number of halogens is 2. The summed E-state index contributed by atoms with van der Waals surface area (Å²) < 4.78 is 6.62. The van der Waals surface area contributed by atoms with Crippen molar-refractivity contribution in [2.24, 2.45) is 5.73 Å². The van der Waals surface area contributed by atoms with E-state index in [1.54, 1.807) is 12.3 Å². The average molecular weight is 306 g/mol. The lowest BCUT2D eigenvalue weighted by atomic mass is 9.94. The lowest BCUT2D eigenvalue weighted by molar-refractivity contribution is 0.139. The van der Waals surface area contributed by atoms with Crippen molar-refractivity contribution >= 4 is 27.5 Å². The Hall–Kier alpha value is -0.320. The van der Waals surface area contributed by atoms with E-state index in [0.717, 1.165) is 30.2 Å². The molecule has 16 heavy (non-hydrogen) atoms. The highest BCUT2D eigenvalue weighted by Crippen LogP contribution is 2.28. The minimum atomic E-state index is 0.148. The van der Waals surface area contributed by atoms with Gasteiger partial charge in [0.25, 0.3) is 0 Å². The van der Waals surface area contributed by atoms with E-state index in [1.807, 2.05) is 0 Å². The molecule has 0 aromatic carbocycles. The maximum absolute atomic E-state index is 6.04. The number of rotatable bonds is 2. The molecule has 1 aliphatic rings. The molecule has 1 fully saturated rings. The van der Waals surface area contributed by atoms with Crippen LogP contribution in [0.1, 0.15) is 25.7 Å². The topological polar surface area (TPSA) is 48.1 Å². The molecular weight excluding hydrogens is 291 g/mol. The zero-order chi connectivity index (χ0) is 11.5. The number of pyridine rings is 1. The van der Waals surface area contributed by atoms with Crippen LogP contribution in [-0.4, -0.2) is 17.1 Å². The molecule has 1 aromatic rings. The number of nitrogens with two attached hydrogens (primary N) is 1. The fourth-order valence-electron chi connectivity index (χ4n) is 1.93. The molecule has 2 unspecified atom stereocenters. The molecule has 0 amide bonds. The fraction of sp³-hybridized carbons (Fsp3) is 0.545. The molecule has 0 saturated heterocycles. The van der Waals surface area contributed by atoms with Crippen LogP contribution >= 0.6 is 27.5 Å². The van der Waals surface area contributed by atoms with Gasteiger partial charge in [-0.15, -0.1) is 0 Å². The summed E-state index contributed by atoms with van der Waals surface area (Å²) in [7, 11) is 0. The van der Waals surface area contributed by atoms with Crippen molar-refractivity contribution in [3.63, 3.8) is 0 Å². The summed E-state index contributed by atoms with van der Waals surface area (Å²) in [5.74, 6) is 0.504. The third-order valence-electron chi connectivity index (χ3n) is 2.72. The molecule has 88 valence electrons. The van der Waals surface area contributed by atoms with E-state index in [0.29, 0.717) is 10.9 Å². The van der Waals surface area contributed by atoms with Gasteiger partial charge in [0.15, 0.2) is 0 Å². The molecule has 2 N–H and O–H groups in total. The lowest BCUT2D eigenvalue weighted by Crippen LogP contribution is -2.33. The maximum Gasteiger partial charge on any atom is 0.232 e. The molecule has 0 bridgehead atoms. The molecule has 1 aromatic heterocycles. The van der Waals surface area contributed by atoms with Gasteiger partial charge in [-0.05, 0) is 47.7 Å². The van der Waals surface area contributed by atoms with Crippen molar-refractivity contribution < 1.29 is 4.74 Å². The van der Waals surface area contributed by atoms with Gasteiger partial charge in [0.05, 0.1) is 0 Å². The van der Waals surface area contributed by atoms with Crippen LogP contribution in [-0.2, 0) is 0 Å². The second-order valence-electron chi connectivity index (χ2n) is 4.11. The van der Waals surface area contributed by atoms with Gasteiger partial charge in [0.1, 0.15) is 11.1 Å². The molecule has 1 saturated carbocycles. The molecule has 1 heterocycles. The number of aromatic nitrogens is 1. The van der Waals surface area contributed by atoms with E-state index in [-0.39, 0.29) is 12.1 Å². The van der Waals surface area contributed by atoms with Crippen molar-refractivity contribution in [2.45, 2.75) is 37.8 Å². The average Bonchev–Trinajstić information content (AvgIpc) is 2.22. The third-order valence-corrected chi connectivity index (χ3v) is 3.42. The standard InChI is InChI=1S/C11H14BrClN2O/c12-7-4-10(13)11(15-6-7)16-9-3-1-2-8(14)5-9/h4,6,8-9H,1-3,5,14H2. The second-order valence-corrected chi connectivity index (χ2v) is 5.43. The van der Waals surface area contributed by atoms with Crippen LogP contribution in [0.3, 0.4) is 0 Å². The normalized spacial score (nSPS) is 25.4. The first-order valence-corrected chi connectivity index (χ1v) is 6.55. The summed E-state index contributed by atoms with van der Waals surface area (Å²) in [4.78, 5) is 4.16. The molecule has 2 rings (SSSR count). The smallest absolute Gasteiger partial charge is 0.232 e. The van der Waals surface area contributed by atoms with Crippen LogP contribution in [0.15, 0.2) is 16.7 Å². The van der Waals surface area contributed by atoms with Gasteiger partial charge in [0, 0.05) is 16.7 Å². The van der Waals surface area contributed by atoms with Gasteiger partial charge in [-0.25, -0.2) is 4.98 Å². The summed E-state index contributed by atoms with van der Waals surface area (Å²) in [6.07, 6.45) is 5.94. The Labute approximate surface area is 108 Å². The van der Waals surface area contributed by atoms with Crippen molar-refractivity contribution in [3.8, 4) is 5.88 Å². The summed E-state index contributed by atoms with van der Waals surface area (Å²) in [6, 6.07) is 2.03. The van der Waals surface area contributed by atoms with Gasteiger partial charge in [-0.3, -0.25) is 0 Å². The van der Waals surface area contributed by atoms with E-state index in [4.69, 9.17) is 22.1 Å². The minimum Gasteiger partial charge on any atom is -0.473 e. The Morgan fingerprint density at radius 3 is 3.00 bits per heavy atom. The summed E-state index contributed by atoms with van der Waals surface area (Å²) in [6.45, 7) is 0. The molecular formula is C11H14BrClN2O. The molecule has 0 spiro atoms. The van der Waals surface area contributed by atoms with E-state index in [2.05, 4.69) is 20.9 Å². The van der Waals surface area contributed by atoms with Crippen LogP contribution in [0.2, 0.25) is 5.02 Å². The Bertz CT molecular complexity index is 375. The Kier molecular flexibility index (Phi) is 4.05. The first kappa shape index (κ1) is 12.1. The van der Waals surface area contributed by atoms with E-state index < -0.39 is 0 Å². The maximum atomic E-state index is 6.04. The van der Waals surface area contributed by atoms with Crippen LogP contribution in [0.4, 0.5) is 0 Å². The largest absolute Gasteiger partial charge is 0.473 e. The van der Waals surface area contributed by atoms with Gasteiger partial charge in [0.2, 0.25) is 5.88 Å². The number of nitrogens with zero attached hydrogens (tertiary/aromatic N) is 1. The van der Waals surface area contributed by atoms with E-state index in [1.165, 1.54) is 0 Å². The van der Waals surface area contributed by atoms with Gasteiger partial charge in [-0.2, -0.15) is 0 Å². The highest BCUT2D eigenvalue weighted by Gasteiger charge is 2.21. The number of hydrogen-bond acceptors (Lipinski definition) is 3. The minimum absolute atomic E-state index is 0.148. The zero-order valence-corrected chi connectivity index (χ0v) is 11.2. The number of hydrogen-bond donors (Lipinski definition) is 1. The van der Waals surface area contributed by atoms with Crippen LogP contribution in [0, 0.1) is 0 Å². The lowest BCUT2D eigenvalue weighted by Gasteiger charge is -2.27. The molecule has 0 aliphatic heterocycles. The SMILES string of the molecule is NC1CCCC(Oc2ncc(Br)cc2Cl)C1. The van der Waals surface area contributed by atoms with E-state index in [9.17, 15) is 0 Å². The number of ether oxygens (including phenoxy) is 1. The molecule has 2 atom stereocenters. The quantitative estimate of drug-likeness (QED) is 0.913. The first-order chi connectivity index (χ1) is 7.65. The van der Waals surface area contributed by atoms with Crippen LogP contribution in [0.25, 0.3) is 0 Å². The van der Waals surface area contributed by atoms with Crippen molar-refractivity contribution in [3.05, 3.63) is 21.8 Å². The highest BCUT2D eigenvalue weighted by molar-refractivity contribution is 9.10. The van der Waals surface area contributed by atoms with Gasteiger partial charge >= 0.3 is 0 Å².